The molecule has 0 fully saturated rings. The van der Waals surface area contributed by atoms with E-state index in [9.17, 15) is 13.2 Å². The molecule has 1 aromatic rings. The van der Waals surface area contributed by atoms with Gasteiger partial charge in [0.05, 0.1) is 10.6 Å². The van der Waals surface area contributed by atoms with Crippen molar-refractivity contribution in [1.29, 1.82) is 0 Å². The van der Waals surface area contributed by atoms with Gasteiger partial charge in [0.2, 0.25) is 0 Å². The Bertz CT molecular complexity index is 409. The number of benzene rings is 1. The lowest BCUT2D eigenvalue weighted by molar-refractivity contribution is -0.137. The molecule has 108 valence electrons. The highest BCUT2D eigenvalue weighted by atomic mass is 35.5. The topological polar surface area (TPSA) is 32.3 Å². The zero-order valence-corrected chi connectivity index (χ0v) is 11.4. The van der Waals surface area contributed by atoms with Crippen LogP contribution in [0.1, 0.15) is 24.5 Å². The lowest BCUT2D eigenvalue weighted by Crippen LogP contribution is -2.21. The van der Waals surface area contributed by atoms with Gasteiger partial charge < -0.3 is 10.4 Å². The van der Waals surface area contributed by atoms with Gasteiger partial charge in [-0.05, 0) is 36.6 Å². The minimum atomic E-state index is -4.43. The predicted molar refractivity (Wildman–Crippen MR) is 69.0 cm³/mol. The summed E-state index contributed by atoms with van der Waals surface area (Å²) in [6.45, 7) is 3.06. The molecule has 2 N–H and O–H groups in total. The number of nitrogens with one attached hydrogen (secondary N) is 1. The molecule has 0 aliphatic carbocycles. The largest absolute Gasteiger partial charge is 0.417 e. The van der Waals surface area contributed by atoms with Crippen molar-refractivity contribution in [3.8, 4) is 0 Å². The summed E-state index contributed by atoms with van der Waals surface area (Å²) >= 11 is 5.54. The zero-order valence-electron chi connectivity index (χ0n) is 10.6. The second-order valence-electron chi connectivity index (χ2n) is 4.56. The molecule has 2 nitrogen and oxygen atoms in total. The van der Waals surface area contributed by atoms with Gasteiger partial charge in [-0.15, -0.1) is 0 Å². The summed E-state index contributed by atoms with van der Waals surface area (Å²) in [7, 11) is 0. The lowest BCUT2D eigenvalue weighted by Gasteiger charge is -2.13. The average molecular weight is 296 g/mol. The van der Waals surface area contributed by atoms with Crippen molar-refractivity contribution in [1.82, 2.24) is 5.32 Å². The fourth-order valence-corrected chi connectivity index (χ4v) is 1.91. The van der Waals surface area contributed by atoms with E-state index in [0.29, 0.717) is 25.1 Å². The van der Waals surface area contributed by atoms with Crippen molar-refractivity contribution in [3.63, 3.8) is 0 Å². The molecule has 0 saturated heterocycles. The van der Waals surface area contributed by atoms with Crippen LogP contribution in [-0.4, -0.2) is 18.3 Å². The number of aliphatic hydroxyl groups excluding tert-OH is 1. The van der Waals surface area contributed by atoms with Crippen LogP contribution in [0.2, 0.25) is 5.02 Å². The summed E-state index contributed by atoms with van der Waals surface area (Å²) in [6, 6.07) is 3.89. The number of hydrogen-bond donors (Lipinski definition) is 2. The van der Waals surface area contributed by atoms with Gasteiger partial charge in [-0.25, -0.2) is 0 Å². The molecule has 1 aromatic carbocycles. The molecular formula is C13H17ClF3NO. The zero-order chi connectivity index (χ0) is 14.5. The maximum atomic E-state index is 12.6. The second kappa shape index (κ2) is 7.12. The van der Waals surface area contributed by atoms with Gasteiger partial charge >= 0.3 is 6.18 Å². The molecule has 0 aliphatic rings. The summed E-state index contributed by atoms with van der Waals surface area (Å²) in [4.78, 5) is 0. The monoisotopic (exact) mass is 295 g/mol. The second-order valence-corrected chi connectivity index (χ2v) is 4.97. The number of hydrogen-bond acceptors (Lipinski definition) is 2. The van der Waals surface area contributed by atoms with Crippen LogP contribution in [0.25, 0.3) is 0 Å². The highest BCUT2D eigenvalue weighted by molar-refractivity contribution is 6.31. The van der Waals surface area contributed by atoms with Crippen molar-refractivity contribution in [2.24, 2.45) is 5.92 Å². The van der Waals surface area contributed by atoms with Crippen LogP contribution < -0.4 is 5.32 Å². The Morgan fingerprint density at radius 3 is 2.63 bits per heavy atom. The van der Waals surface area contributed by atoms with Crippen molar-refractivity contribution < 1.29 is 18.3 Å². The van der Waals surface area contributed by atoms with Crippen LogP contribution >= 0.6 is 11.6 Å². The summed E-state index contributed by atoms with van der Waals surface area (Å²) in [6.07, 6.45) is -3.77. The minimum absolute atomic E-state index is 0.113. The molecule has 1 unspecified atom stereocenters. The van der Waals surface area contributed by atoms with Crippen molar-refractivity contribution >= 4 is 11.6 Å². The van der Waals surface area contributed by atoms with Crippen LogP contribution in [0.3, 0.4) is 0 Å². The molecule has 0 bridgehead atoms. The van der Waals surface area contributed by atoms with Gasteiger partial charge in [0.15, 0.2) is 0 Å². The van der Waals surface area contributed by atoms with E-state index in [1.54, 1.807) is 6.07 Å². The standard InChI is InChI=1S/C13H17ClF3NO/c1-9(4-5-19)7-18-8-10-2-3-12(14)11(6-10)13(15,16)17/h2-3,6,9,18-19H,4-5,7-8H2,1H3. The molecule has 19 heavy (non-hydrogen) atoms. The van der Waals surface area contributed by atoms with Gasteiger partial charge in [0.25, 0.3) is 0 Å². The Balaban J connectivity index is 2.60. The number of rotatable bonds is 6. The first kappa shape index (κ1) is 16.3. The first-order chi connectivity index (χ1) is 8.84. The molecule has 0 saturated carbocycles. The smallest absolute Gasteiger partial charge is 0.396 e. The maximum absolute atomic E-state index is 12.6. The average Bonchev–Trinajstić information content (AvgIpc) is 2.30. The van der Waals surface area contributed by atoms with E-state index in [1.807, 2.05) is 6.92 Å². The third kappa shape index (κ3) is 5.38. The van der Waals surface area contributed by atoms with E-state index in [-0.39, 0.29) is 17.5 Å². The maximum Gasteiger partial charge on any atom is 0.417 e. The van der Waals surface area contributed by atoms with Gasteiger partial charge in [0, 0.05) is 13.2 Å². The predicted octanol–water partition coefficient (Wildman–Crippen LogP) is 3.47. The van der Waals surface area contributed by atoms with E-state index in [1.165, 1.54) is 6.07 Å². The fourth-order valence-electron chi connectivity index (χ4n) is 1.68. The SMILES string of the molecule is CC(CCO)CNCc1ccc(Cl)c(C(F)(F)F)c1. The van der Waals surface area contributed by atoms with E-state index >= 15 is 0 Å². The Labute approximate surface area is 115 Å². The summed E-state index contributed by atoms with van der Waals surface area (Å²) in [5.41, 5.74) is -0.273. The molecule has 0 heterocycles. The van der Waals surface area contributed by atoms with Gasteiger partial charge in [-0.1, -0.05) is 24.6 Å². The molecular weight excluding hydrogens is 279 g/mol. The molecule has 6 heteroatoms. The molecule has 0 aliphatic heterocycles. The van der Waals surface area contributed by atoms with Crippen molar-refractivity contribution in [3.05, 3.63) is 34.3 Å². The molecule has 0 amide bonds. The number of halogens is 4. The number of aliphatic hydroxyl groups is 1. The van der Waals surface area contributed by atoms with Crippen LogP contribution in [0.15, 0.2) is 18.2 Å². The van der Waals surface area contributed by atoms with Crippen LogP contribution in [0.4, 0.5) is 13.2 Å². The Hall–Kier alpha value is -0.780. The van der Waals surface area contributed by atoms with E-state index in [0.717, 1.165) is 6.07 Å². The summed E-state index contributed by atoms with van der Waals surface area (Å²) in [5, 5.41) is 11.5. The first-order valence-electron chi connectivity index (χ1n) is 6.01. The highest BCUT2D eigenvalue weighted by Crippen LogP contribution is 2.35. The van der Waals surface area contributed by atoms with Crippen LogP contribution in [0, 0.1) is 5.92 Å². The fraction of sp³-hybridized carbons (Fsp3) is 0.538. The molecule has 1 rings (SSSR count). The van der Waals surface area contributed by atoms with Gasteiger partial charge in [0.1, 0.15) is 0 Å². The van der Waals surface area contributed by atoms with Gasteiger partial charge in [-0.2, -0.15) is 13.2 Å². The quantitative estimate of drug-likeness (QED) is 0.842. The van der Waals surface area contributed by atoms with E-state index in [2.05, 4.69) is 5.32 Å². The Morgan fingerprint density at radius 2 is 2.05 bits per heavy atom. The van der Waals surface area contributed by atoms with E-state index in [4.69, 9.17) is 16.7 Å². The number of alkyl halides is 3. The summed E-state index contributed by atoms with van der Waals surface area (Å²) in [5.74, 6) is 0.277. The lowest BCUT2D eigenvalue weighted by atomic mass is 10.1. The van der Waals surface area contributed by atoms with Crippen molar-refractivity contribution in [2.75, 3.05) is 13.2 Å². The minimum Gasteiger partial charge on any atom is -0.396 e. The summed E-state index contributed by atoms with van der Waals surface area (Å²) < 4.78 is 37.9. The highest BCUT2D eigenvalue weighted by Gasteiger charge is 2.33. The Morgan fingerprint density at radius 1 is 1.37 bits per heavy atom. The Kier molecular flexibility index (Phi) is 6.10. The van der Waals surface area contributed by atoms with Crippen molar-refractivity contribution in [2.45, 2.75) is 26.1 Å². The molecule has 1 atom stereocenters. The van der Waals surface area contributed by atoms with Crippen LogP contribution in [0.5, 0.6) is 0 Å². The molecule has 0 aromatic heterocycles. The molecule has 0 radical (unpaired) electrons. The third-order valence-electron chi connectivity index (χ3n) is 2.78. The normalized spacial score (nSPS) is 13.6. The van der Waals surface area contributed by atoms with E-state index < -0.39 is 11.7 Å². The van der Waals surface area contributed by atoms with Crippen LogP contribution in [-0.2, 0) is 12.7 Å². The van der Waals surface area contributed by atoms with Gasteiger partial charge in [-0.3, -0.25) is 0 Å². The third-order valence-corrected chi connectivity index (χ3v) is 3.11. The first-order valence-corrected chi connectivity index (χ1v) is 6.39. The molecule has 0 spiro atoms.